The van der Waals surface area contributed by atoms with Crippen molar-refractivity contribution in [1.29, 1.82) is 0 Å². The average molecular weight is 270 g/mol. The standard InChI is InChI=1S/C17H16ClN/c18-17(11-4-3-5-11)12-8-9-16-14(10-12)13-6-1-2-7-15(13)19-16/h1-2,6-11,17,19H,3-5H2. The second-order valence-corrected chi connectivity index (χ2v) is 6.04. The molecular weight excluding hydrogens is 254 g/mol. The summed E-state index contributed by atoms with van der Waals surface area (Å²) in [5.74, 6) is 0.671. The molecule has 1 atom stereocenters. The number of benzene rings is 2. The van der Waals surface area contributed by atoms with Gasteiger partial charge < -0.3 is 4.98 Å². The number of hydrogen-bond donors (Lipinski definition) is 1. The number of fused-ring (bicyclic) bond motifs is 3. The maximum absolute atomic E-state index is 6.62. The summed E-state index contributed by atoms with van der Waals surface area (Å²) in [5, 5.41) is 2.75. The molecule has 2 aromatic carbocycles. The molecule has 96 valence electrons. The second kappa shape index (κ2) is 4.28. The van der Waals surface area contributed by atoms with Crippen LogP contribution in [0.2, 0.25) is 0 Å². The van der Waals surface area contributed by atoms with Crippen LogP contribution in [0.4, 0.5) is 0 Å². The SMILES string of the molecule is ClC(c1ccc2[nH]c3ccccc3c2c1)C1CCC1. The summed E-state index contributed by atoms with van der Waals surface area (Å²) in [6.07, 6.45) is 3.89. The predicted molar refractivity (Wildman–Crippen MR) is 81.7 cm³/mol. The molecule has 0 bridgehead atoms. The van der Waals surface area contributed by atoms with E-state index in [-0.39, 0.29) is 5.38 Å². The Balaban J connectivity index is 1.87. The number of nitrogens with one attached hydrogen (secondary N) is 1. The monoisotopic (exact) mass is 269 g/mol. The van der Waals surface area contributed by atoms with Crippen LogP contribution in [0.25, 0.3) is 21.8 Å². The van der Waals surface area contributed by atoms with E-state index in [1.54, 1.807) is 0 Å². The van der Waals surface area contributed by atoms with Crippen LogP contribution in [-0.2, 0) is 0 Å². The van der Waals surface area contributed by atoms with Gasteiger partial charge in [0.05, 0.1) is 5.38 Å². The molecule has 1 N–H and O–H groups in total. The molecule has 4 rings (SSSR count). The van der Waals surface area contributed by atoms with E-state index in [0.717, 1.165) is 0 Å². The van der Waals surface area contributed by atoms with Gasteiger partial charge in [0.1, 0.15) is 0 Å². The number of rotatable bonds is 2. The highest BCUT2D eigenvalue weighted by molar-refractivity contribution is 6.21. The molecule has 1 aliphatic rings. The van der Waals surface area contributed by atoms with Crippen LogP contribution in [0.5, 0.6) is 0 Å². The molecule has 1 aliphatic carbocycles. The minimum atomic E-state index is 0.173. The van der Waals surface area contributed by atoms with Crippen LogP contribution in [0.3, 0.4) is 0 Å². The fourth-order valence-electron chi connectivity index (χ4n) is 3.04. The molecule has 2 heteroatoms. The van der Waals surface area contributed by atoms with Gasteiger partial charge in [-0.1, -0.05) is 30.7 Å². The Morgan fingerprint density at radius 1 is 1.00 bits per heavy atom. The van der Waals surface area contributed by atoms with E-state index in [0.29, 0.717) is 5.92 Å². The fraction of sp³-hybridized carbons (Fsp3) is 0.294. The topological polar surface area (TPSA) is 15.8 Å². The Hall–Kier alpha value is -1.47. The molecule has 1 aromatic heterocycles. The molecule has 1 saturated carbocycles. The van der Waals surface area contributed by atoms with Gasteiger partial charge >= 0.3 is 0 Å². The van der Waals surface area contributed by atoms with Crippen LogP contribution in [-0.4, -0.2) is 4.98 Å². The van der Waals surface area contributed by atoms with E-state index >= 15 is 0 Å². The first-order valence-corrected chi connectivity index (χ1v) is 7.41. The van der Waals surface area contributed by atoms with E-state index in [2.05, 4.69) is 47.4 Å². The van der Waals surface area contributed by atoms with Crippen LogP contribution in [0.1, 0.15) is 30.2 Å². The summed E-state index contributed by atoms with van der Waals surface area (Å²) in [6, 6.07) is 15.1. The third-order valence-electron chi connectivity index (χ3n) is 4.41. The van der Waals surface area contributed by atoms with Crippen molar-refractivity contribution in [3.8, 4) is 0 Å². The summed E-state index contributed by atoms with van der Waals surface area (Å²) in [4.78, 5) is 3.46. The number of alkyl halides is 1. The number of aromatic nitrogens is 1. The number of H-pyrrole nitrogens is 1. The van der Waals surface area contributed by atoms with Crippen molar-refractivity contribution in [2.24, 2.45) is 5.92 Å². The van der Waals surface area contributed by atoms with Gasteiger partial charge in [-0.2, -0.15) is 0 Å². The van der Waals surface area contributed by atoms with Gasteiger partial charge in [0.2, 0.25) is 0 Å². The summed E-state index contributed by atoms with van der Waals surface area (Å²) in [6.45, 7) is 0. The molecule has 0 saturated heterocycles. The first kappa shape index (κ1) is 11.4. The van der Waals surface area contributed by atoms with Gasteiger partial charge in [0, 0.05) is 21.8 Å². The van der Waals surface area contributed by atoms with E-state index in [9.17, 15) is 0 Å². The molecule has 0 amide bonds. The van der Waals surface area contributed by atoms with Gasteiger partial charge in [-0.3, -0.25) is 0 Å². The molecule has 0 aliphatic heterocycles. The lowest BCUT2D eigenvalue weighted by Crippen LogP contribution is -2.16. The number of aromatic amines is 1. The van der Waals surface area contributed by atoms with Crippen molar-refractivity contribution in [3.05, 3.63) is 48.0 Å². The summed E-state index contributed by atoms with van der Waals surface area (Å²) >= 11 is 6.62. The predicted octanol–water partition coefficient (Wildman–Crippen LogP) is 5.40. The molecule has 1 fully saturated rings. The van der Waals surface area contributed by atoms with Crippen LogP contribution < -0.4 is 0 Å². The lowest BCUT2D eigenvalue weighted by molar-refractivity contribution is 0.305. The molecule has 19 heavy (non-hydrogen) atoms. The van der Waals surface area contributed by atoms with Crippen LogP contribution in [0, 0.1) is 5.92 Å². The average Bonchev–Trinajstić information content (AvgIpc) is 2.74. The Bertz CT molecular complexity index is 739. The Labute approximate surface area is 117 Å². The maximum Gasteiger partial charge on any atom is 0.0613 e. The van der Waals surface area contributed by atoms with E-state index < -0.39 is 0 Å². The van der Waals surface area contributed by atoms with Crippen molar-refractivity contribution < 1.29 is 0 Å². The highest BCUT2D eigenvalue weighted by atomic mass is 35.5. The first-order chi connectivity index (χ1) is 9.33. The van der Waals surface area contributed by atoms with E-state index in [4.69, 9.17) is 11.6 Å². The maximum atomic E-state index is 6.62. The Morgan fingerprint density at radius 2 is 1.79 bits per heavy atom. The molecule has 0 spiro atoms. The summed E-state index contributed by atoms with van der Waals surface area (Å²) < 4.78 is 0. The molecular formula is C17H16ClN. The molecule has 0 radical (unpaired) electrons. The van der Waals surface area contributed by atoms with Crippen LogP contribution >= 0.6 is 11.6 Å². The molecule has 1 nitrogen and oxygen atoms in total. The summed E-state index contributed by atoms with van der Waals surface area (Å²) in [5.41, 5.74) is 3.66. The van der Waals surface area contributed by atoms with Crippen LogP contribution in [0.15, 0.2) is 42.5 Å². The quantitative estimate of drug-likeness (QED) is 0.600. The second-order valence-electron chi connectivity index (χ2n) is 5.57. The normalized spacial score (nSPS) is 17.7. The van der Waals surface area contributed by atoms with Gasteiger partial charge in [0.25, 0.3) is 0 Å². The van der Waals surface area contributed by atoms with E-state index in [1.165, 1.54) is 46.6 Å². The van der Waals surface area contributed by atoms with Gasteiger partial charge in [0.15, 0.2) is 0 Å². The Kier molecular flexibility index (Phi) is 2.56. The number of halogens is 1. The van der Waals surface area contributed by atoms with Crippen molar-refractivity contribution in [3.63, 3.8) is 0 Å². The molecule has 1 unspecified atom stereocenters. The minimum Gasteiger partial charge on any atom is -0.355 e. The Morgan fingerprint density at radius 3 is 2.58 bits per heavy atom. The lowest BCUT2D eigenvalue weighted by Gasteiger charge is -2.30. The highest BCUT2D eigenvalue weighted by Gasteiger charge is 2.26. The number of hydrogen-bond acceptors (Lipinski definition) is 0. The zero-order valence-corrected chi connectivity index (χ0v) is 11.5. The van der Waals surface area contributed by atoms with E-state index in [1.807, 2.05) is 0 Å². The van der Waals surface area contributed by atoms with Gasteiger partial charge in [-0.05, 0) is 42.5 Å². The third-order valence-corrected chi connectivity index (χ3v) is 5.02. The van der Waals surface area contributed by atoms with Crippen molar-refractivity contribution in [1.82, 2.24) is 4.98 Å². The molecule has 3 aromatic rings. The molecule has 1 heterocycles. The van der Waals surface area contributed by atoms with Gasteiger partial charge in [-0.25, -0.2) is 0 Å². The summed E-state index contributed by atoms with van der Waals surface area (Å²) in [7, 11) is 0. The first-order valence-electron chi connectivity index (χ1n) is 6.97. The smallest absolute Gasteiger partial charge is 0.0613 e. The van der Waals surface area contributed by atoms with Gasteiger partial charge in [-0.15, -0.1) is 11.6 Å². The zero-order chi connectivity index (χ0) is 12.8. The largest absolute Gasteiger partial charge is 0.355 e. The van der Waals surface area contributed by atoms with Crippen molar-refractivity contribution in [2.75, 3.05) is 0 Å². The van der Waals surface area contributed by atoms with Crippen molar-refractivity contribution >= 4 is 33.4 Å². The number of para-hydroxylation sites is 1. The highest BCUT2D eigenvalue weighted by Crippen LogP contribution is 2.42. The fourth-order valence-corrected chi connectivity index (χ4v) is 3.43. The minimum absolute atomic E-state index is 0.173. The third kappa shape index (κ3) is 1.76. The zero-order valence-electron chi connectivity index (χ0n) is 10.7. The lowest BCUT2D eigenvalue weighted by atomic mass is 9.80. The van der Waals surface area contributed by atoms with Crippen molar-refractivity contribution in [2.45, 2.75) is 24.6 Å².